The van der Waals surface area contributed by atoms with Crippen molar-refractivity contribution in [2.24, 2.45) is 0 Å². The first-order valence-electron chi connectivity index (χ1n) is 10.6. The predicted molar refractivity (Wildman–Crippen MR) is 121 cm³/mol. The third-order valence-electron chi connectivity index (χ3n) is 6.15. The van der Waals surface area contributed by atoms with Crippen LogP contribution in [0, 0.1) is 0 Å². The maximum atomic E-state index is 13.0. The van der Waals surface area contributed by atoms with Crippen LogP contribution < -0.4 is 10.5 Å². The molecule has 3 aromatic rings. The van der Waals surface area contributed by atoms with Crippen LogP contribution in [0.1, 0.15) is 27.9 Å². The van der Waals surface area contributed by atoms with E-state index in [0.29, 0.717) is 37.6 Å². The Morgan fingerprint density at radius 2 is 1.68 bits per heavy atom. The van der Waals surface area contributed by atoms with Gasteiger partial charge < -0.3 is 9.80 Å². The van der Waals surface area contributed by atoms with Crippen LogP contribution in [0.15, 0.2) is 59.5 Å². The van der Waals surface area contributed by atoms with E-state index in [1.165, 1.54) is 22.2 Å². The summed E-state index contributed by atoms with van der Waals surface area (Å²) in [5.74, 6) is 0.0677. The van der Waals surface area contributed by atoms with Gasteiger partial charge >= 0.3 is 0 Å². The van der Waals surface area contributed by atoms with Crippen molar-refractivity contribution in [3.8, 4) is 5.69 Å². The summed E-state index contributed by atoms with van der Waals surface area (Å²) in [7, 11) is 0. The standard InChI is InChI=1S/C24H23ClN4O2/c25-22-21(16-26-29(24(22)31)20-7-2-1-3-8-20)27-11-13-28(14-12-27)23(30)19-10-9-17-5-4-6-18(17)15-19/h1-3,7-10,15-16H,4-6,11-14H2. The molecular formula is C24H23ClN4O2. The van der Waals surface area contributed by atoms with E-state index in [-0.39, 0.29) is 16.5 Å². The molecule has 0 radical (unpaired) electrons. The molecule has 158 valence electrons. The predicted octanol–water partition coefficient (Wildman–Crippen LogP) is 3.34. The van der Waals surface area contributed by atoms with Crippen molar-refractivity contribution in [2.75, 3.05) is 31.1 Å². The zero-order chi connectivity index (χ0) is 21.4. The zero-order valence-corrected chi connectivity index (χ0v) is 17.9. The van der Waals surface area contributed by atoms with Gasteiger partial charge in [0.25, 0.3) is 11.5 Å². The van der Waals surface area contributed by atoms with E-state index in [9.17, 15) is 9.59 Å². The maximum Gasteiger partial charge on any atom is 0.292 e. The molecule has 5 rings (SSSR count). The molecule has 2 aromatic carbocycles. The maximum absolute atomic E-state index is 13.0. The monoisotopic (exact) mass is 434 g/mol. The topological polar surface area (TPSA) is 58.4 Å². The molecule has 6 nitrogen and oxygen atoms in total. The Hall–Kier alpha value is -3.12. The number of benzene rings is 2. The minimum Gasteiger partial charge on any atom is -0.365 e. The normalized spacial score (nSPS) is 15.8. The highest BCUT2D eigenvalue weighted by Gasteiger charge is 2.25. The summed E-state index contributed by atoms with van der Waals surface area (Å²) in [6.07, 6.45) is 4.97. The molecule has 0 spiro atoms. The quantitative estimate of drug-likeness (QED) is 0.634. The Bertz CT molecular complexity index is 1180. The molecule has 0 unspecified atom stereocenters. The zero-order valence-electron chi connectivity index (χ0n) is 17.1. The van der Waals surface area contributed by atoms with E-state index in [2.05, 4.69) is 17.2 Å². The molecule has 1 saturated heterocycles. The van der Waals surface area contributed by atoms with Crippen LogP contribution in [0.3, 0.4) is 0 Å². The van der Waals surface area contributed by atoms with Gasteiger partial charge in [-0.15, -0.1) is 0 Å². The Kier molecular flexibility index (Phi) is 5.24. The first-order valence-corrected chi connectivity index (χ1v) is 11.0. The van der Waals surface area contributed by atoms with Gasteiger partial charge in [-0.3, -0.25) is 9.59 Å². The van der Waals surface area contributed by atoms with E-state index in [1.807, 2.05) is 46.2 Å². The molecule has 0 N–H and O–H groups in total. The molecule has 2 aliphatic rings. The van der Waals surface area contributed by atoms with Crippen molar-refractivity contribution >= 4 is 23.2 Å². The third-order valence-corrected chi connectivity index (χ3v) is 6.51. The van der Waals surface area contributed by atoms with Crippen LogP contribution in [0.25, 0.3) is 5.69 Å². The number of aromatic nitrogens is 2. The first kappa shape index (κ1) is 19.8. The second kappa shape index (κ2) is 8.19. The van der Waals surface area contributed by atoms with E-state index in [0.717, 1.165) is 18.4 Å². The molecule has 1 aromatic heterocycles. The van der Waals surface area contributed by atoms with E-state index < -0.39 is 0 Å². The number of hydrogen-bond donors (Lipinski definition) is 0. The number of amides is 1. The summed E-state index contributed by atoms with van der Waals surface area (Å²) in [6, 6.07) is 15.3. The van der Waals surface area contributed by atoms with Gasteiger partial charge in [0.1, 0.15) is 5.02 Å². The molecule has 0 bridgehead atoms. The number of rotatable bonds is 3. The summed E-state index contributed by atoms with van der Waals surface area (Å²) in [4.78, 5) is 29.6. The first-order chi connectivity index (χ1) is 15.1. The summed E-state index contributed by atoms with van der Waals surface area (Å²) in [5.41, 5.74) is 4.38. The average Bonchev–Trinajstić information content (AvgIpc) is 3.29. The van der Waals surface area contributed by atoms with Gasteiger partial charge in [-0.2, -0.15) is 9.78 Å². The van der Waals surface area contributed by atoms with Crippen LogP contribution >= 0.6 is 11.6 Å². The van der Waals surface area contributed by atoms with Crippen molar-refractivity contribution in [1.82, 2.24) is 14.7 Å². The number of fused-ring (bicyclic) bond motifs is 1. The van der Waals surface area contributed by atoms with Crippen molar-refractivity contribution < 1.29 is 4.79 Å². The number of para-hydroxylation sites is 1. The minimum atomic E-state index is -0.345. The minimum absolute atomic E-state index is 0.0677. The second-order valence-corrected chi connectivity index (χ2v) is 8.39. The lowest BCUT2D eigenvalue weighted by atomic mass is 10.1. The lowest BCUT2D eigenvalue weighted by Crippen LogP contribution is -2.49. The summed E-state index contributed by atoms with van der Waals surface area (Å²) in [5, 5.41) is 4.47. The highest BCUT2D eigenvalue weighted by Crippen LogP contribution is 2.25. The van der Waals surface area contributed by atoms with Crippen molar-refractivity contribution in [1.29, 1.82) is 0 Å². The molecule has 2 heterocycles. The fourth-order valence-electron chi connectivity index (χ4n) is 4.44. The van der Waals surface area contributed by atoms with Crippen LogP contribution in [-0.2, 0) is 12.8 Å². The largest absolute Gasteiger partial charge is 0.365 e. The van der Waals surface area contributed by atoms with Crippen LogP contribution in [0.4, 0.5) is 5.69 Å². The highest BCUT2D eigenvalue weighted by atomic mass is 35.5. The molecule has 1 fully saturated rings. The van der Waals surface area contributed by atoms with Gasteiger partial charge in [0, 0.05) is 31.7 Å². The van der Waals surface area contributed by atoms with Crippen LogP contribution in [-0.4, -0.2) is 46.8 Å². The Labute approximate surface area is 185 Å². The fourth-order valence-corrected chi connectivity index (χ4v) is 4.68. The van der Waals surface area contributed by atoms with Gasteiger partial charge in [0.2, 0.25) is 0 Å². The number of anilines is 1. The van der Waals surface area contributed by atoms with Gasteiger partial charge in [0.15, 0.2) is 0 Å². The van der Waals surface area contributed by atoms with E-state index >= 15 is 0 Å². The number of carbonyl (C=O) groups excluding carboxylic acids is 1. The van der Waals surface area contributed by atoms with Crippen molar-refractivity contribution in [3.63, 3.8) is 0 Å². The number of hydrogen-bond acceptors (Lipinski definition) is 4. The van der Waals surface area contributed by atoms with Gasteiger partial charge in [-0.25, -0.2) is 0 Å². The molecular weight excluding hydrogens is 412 g/mol. The average molecular weight is 435 g/mol. The van der Waals surface area contributed by atoms with Crippen LogP contribution in [0.2, 0.25) is 5.02 Å². The molecule has 1 amide bonds. The molecule has 0 saturated carbocycles. The fraction of sp³-hybridized carbons (Fsp3) is 0.292. The van der Waals surface area contributed by atoms with Gasteiger partial charge in [-0.1, -0.05) is 35.9 Å². The number of aryl methyl sites for hydroxylation is 2. The van der Waals surface area contributed by atoms with Crippen molar-refractivity contribution in [2.45, 2.75) is 19.3 Å². The smallest absolute Gasteiger partial charge is 0.292 e. The molecule has 1 aliphatic heterocycles. The SMILES string of the molecule is O=C(c1ccc2c(c1)CCC2)N1CCN(c2cnn(-c3ccccc3)c(=O)c2Cl)CC1. The Morgan fingerprint density at radius 1 is 0.935 bits per heavy atom. The summed E-state index contributed by atoms with van der Waals surface area (Å²) < 4.78 is 1.31. The second-order valence-electron chi connectivity index (χ2n) is 8.01. The Morgan fingerprint density at radius 3 is 2.45 bits per heavy atom. The number of halogens is 1. The lowest BCUT2D eigenvalue weighted by molar-refractivity contribution is 0.0746. The van der Waals surface area contributed by atoms with Gasteiger partial charge in [-0.05, 0) is 54.7 Å². The number of piperazine rings is 1. The van der Waals surface area contributed by atoms with Gasteiger partial charge in [0.05, 0.1) is 17.6 Å². The van der Waals surface area contributed by atoms with Crippen LogP contribution in [0.5, 0.6) is 0 Å². The summed E-state index contributed by atoms with van der Waals surface area (Å²) >= 11 is 6.43. The molecule has 0 atom stereocenters. The van der Waals surface area contributed by atoms with Crippen molar-refractivity contribution in [3.05, 3.63) is 86.8 Å². The molecule has 7 heteroatoms. The Balaban J connectivity index is 1.30. The molecule has 1 aliphatic carbocycles. The highest BCUT2D eigenvalue weighted by molar-refractivity contribution is 6.33. The van der Waals surface area contributed by atoms with E-state index in [4.69, 9.17) is 11.6 Å². The number of carbonyl (C=O) groups is 1. The third kappa shape index (κ3) is 3.72. The van der Waals surface area contributed by atoms with E-state index in [1.54, 1.807) is 6.20 Å². The summed E-state index contributed by atoms with van der Waals surface area (Å²) in [6.45, 7) is 2.36. The lowest BCUT2D eigenvalue weighted by Gasteiger charge is -2.36. The molecule has 31 heavy (non-hydrogen) atoms. The number of nitrogens with zero attached hydrogens (tertiary/aromatic N) is 4.